The molecule has 1 amide bonds. The van der Waals surface area contributed by atoms with Crippen molar-refractivity contribution in [3.8, 4) is 0 Å². The number of aliphatic carboxylic acids is 1. The molecule has 3 unspecified atom stereocenters. The van der Waals surface area contributed by atoms with Gasteiger partial charge in [-0.25, -0.2) is 0 Å². The third-order valence-electron chi connectivity index (χ3n) is 3.69. The van der Waals surface area contributed by atoms with Crippen molar-refractivity contribution in [3.63, 3.8) is 0 Å². The SMILES string of the molecule is O=C(CCC1CCNC1)NC1COCC1C(=O)O. The van der Waals surface area contributed by atoms with Gasteiger partial charge in [0.15, 0.2) is 0 Å². The van der Waals surface area contributed by atoms with E-state index in [0.717, 1.165) is 25.9 Å². The molecular weight excluding hydrogens is 236 g/mol. The molecule has 2 saturated heterocycles. The molecule has 3 N–H and O–H groups in total. The molecule has 0 spiro atoms. The number of rotatable bonds is 5. The molecule has 2 heterocycles. The van der Waals surface area contributed by atoms with E-state index in [0.29, 0.717) is 18.9 Å². The number of carboxylic acid groups (broad SMARTS) is 1. The fraction of sp³-hybridized carbons (Fsp3) is 0.833. The van der Waals surface area contributed by atoms with Gasteiger partial charge >= 0.3 is 5.97 Å². The number of hydrogen-bond donors (Lipinski definition) is 3. The lowest BCUT2D eigenvalue weighted by Gasteiger charge is -2.16. The molecule has 0 aromatic heterocycles. The lowest BCUT2D eigenvalue weighted by atomic mass is 10.0. The minimum absolute atomic E-state index is 0.0661. The van der Waals surface area contributed by atoms with Gasteiger partial charge in [-0.15, -0.1) is 0 Å². The number of ether oxygens (including phenoxy) is 1. The molecule has 0 aromatic rings. The predicted molar refractivity (Wildman–Crippen MR) is 64.1 cm³/mol. The zero-order valence-electron chi connectivity index (χ0n) is 10.4. The third kappa shape index (κ3) is 3.43. The largest absolute Gasteiger partial charge is 0.481 e. The molecule has 2 aliphatic heterocycles. The summed E-state index contributed by atoms with van der Waals surface area (Å²) in [6.45, 7) is 2.50. The van der Waals surface area contributed by atoms with Crippen molar-refractivity contribution in [2.75, 3.05) is 26.3 Å². The fourth-order valence-corrected chi connectivity index (χ4v) is 2.51. The fourth-order valence-electron chi connectivity index (χ4n) is 2.51. The maximum Gasteiger partial charge on any atom is 0.311 e. The van der Waals surface area contributed by atoms with E-state index in [2.05, 4.69) is 10.6 Å². The summed E-state index contributed by atoms with van der Waals surface area (Å²) in [6.07, 6.45) is 2.46. The second-order valence-corrected chi connectivity index (χ2v) is 5.05. The maximum atomic E-state index is 11.7. The lowest BCUT2D eigenvalue weighted by molar-refractivity contribution is -0.142. The van der Waals surface area contributed by atoms with Gasteiger partial charge in [0, 0.05) is 6.42 Å². The van der Waals surface area contributed by atoms with Crippen molar-refractivity contribution in [1.29, 1.82) is 0 Å². The Morgan fingerprint density at radius 1 is 1.39 bits per heavy atom. The van der Waals surface area contributed by atoms with Gasteiger partial charge in [0.2, 0.25) is 5.91 Å². The lowest BCUT2D eigenvalue weighted by Crippen LogP contribution is -2.42. The highest BCUT2D eigenvalue weighted by atomic mass is 16.5. The number of carboxylic acids is 1. The van der Waals surface area contributed by atoms with Gasteiger partial charge < -0.3 is 20.5 Å². The highest BCUT2D eigenvalue weighted by molar-refractivity contribution is 5.78. The summed E-state index contributed by atoms with van der Waals surface area (Å²) in [5.74, 6) is -1.01. The average Bonchev–Trinajstić information content (AvgIpc) is 2.96. The minimum Gasteiger partial charge on any atom is -0.481 e. The standard InChI is InChI=1S/C12H20N2O4/c15-11(2-1-8-3-4-13-5-8)14-10-7-18-6-9(10)12(16)17/h8-10,13H,1-7H2,(H,14,15)(H,16,17). The Labute approximate surface area is 106 Å². The summed E-state index contributed by atoms with van der Waals surface area (Å²) in [7, 11) is 0. The average molecular weight is 256 g/mol. The number of amides is 1. The molecule has 0 saturated carbocycles. The molecule has 6 nitrogen and oxygen atoms in total. The van der Waals surface area contributed by atoms with E-state index < -0.39 is 11.9 Å². The van der Waals surface area contributed by atoms with Crippen molar-refractivity contribution >= 4 is 11.9 Å². The zero-order chi connectivity index (χ0) is 13.0. The molecule has 0 radical (unpaired) electrons. The summed E-state index contributed by atoms with van der Waals surface area (Å²) in [5.41, 5.74) is 0. The van der Waals surface area contributed by atoms with Crippen LogP contribution in [0.5, 0.6) is 0 Å². The monoisotopic (exact) mass is 256 g/mol. The van der Waals surface area contributed by atoms with Crippen LogP contribution in [-0.4, -0.2) is 49.3 Å². The van der Waals surface area contributed by atoms with Crippen LogP contribution in [0.2, 0.25) is 0 Å². The topological polar surface area (TPSA) is 87.7 Å². The Bertz CT molecular complexity index is 315. The Balaban J connectivity index is 1.71. The number of carbonyl (C=O) groups is 2. The van der Waals surface area contributed by atoms with Crippen LogP contribution in [0.4, 0.5) is 0 Å². The molecule has 3 atom stereocenters. The molecule has 0 aliphatic carbocycles. The summed E-state index contributed by atoms with van der Waals surface area (Å²) in [5, 5.41) is 15.0. The highest BCUT2D eigenvalue weighted by Crippen LogP contribution is 2.16. The van der Waals surface area contributed by atoms with Crippen LogP contribution in [-0.2, 0) is 14.3 Å². The zero-order valence-corrected chi connectivity index (χ0v) is 10.4. The Kier molecular flexibility index (Phi) is 4.54. The molecule has 0 aromatic carbocycles. The van der Waals surface area contributed by atoms with Crippen molar-refractivity contribution in [2.45, 2.75) is 25.3 Å². The van der Waals surface area contributed by atoms with Crippen LogP contribution >= 0.6 is 0 Å². The number of hydrogen-bond acceptors (Lipinski definition) is 4. The van der Waals surface area contributed by atoms with Crippen LogP contribution < -0.4 is 10.6 Å². The van der Waals surface area contributed by atoms with Crippen LogP contribution in [0.1, 0.15) is 19.3 Å². The minimum atomic E-state index is -0.905. The van der Waals surface area contributed by atoms with Crippen LogP contribution in [0, 0.1) is 11.8 Å². The van der Waals surface area contributed by atoms with Gasteiger partial charge in [-0.3, -0.25) is 9.59 Å². The quantitative estimate of drug-likeness (QED) is 0.622. The van der Waals surface area contributed by atoms with E-state index in [1.54, 1.807) is 0 Å². The van der Waals surface area contributed by atoms with E-state index in [4.69, 9.17) is 9.84 Å². The summed E-state index contributed by atoms with van der Waals surface area (Å²) >= 11 is 0. The Morgan fingerprint density at radius 3 is 2.89 bits per heavy atom. The Morgan fingerprint density at radius 2 is 2.22 bits per heavy atom. The van der Waals surface area contributed by atoms with Gasteiger partial charge in [-0.05, 0) is 31.8 Å². The normalized spacial score (nSPS) is 31.4. The molecule has 2 fully saturated rings. The van der Waals surface area contributed by atoms with Crippen molar-refractivity contribution < 1.29 is 19.4 Å². The van der Waals surface area contributed by atoms with E-state index in [-0.39, 0.29) is 18.6 Å². The third-order valence-corrected chi connectivity index (χ3v) is 3.69. The molecular formula is C12H20N2O4. The first-order valence-electron chi connectivity index (χ1n) is 6.47. The van der Waals surface area contributed by atoms with Gasteiger partial charge in [0.05, 0.1) is 19.3 Å². The van der Waals surface area contributed by atoms with Gasteiger partial charge in [0.25, 0.3) is 0 Å². The first-order valence-corrected chi connectivity index (χ1v) is 6.47. The Hall–Kier alpha value is -1.14. The molecule has 102 valence electrons. The predicted octanol–water partition coefficient (Wildman–Crippen LogP) is -0.408. The van der Waals surface area contributed by atoms with Crippen molar-refractivity contribution in [3.05, 3.63) is 0 Å². The van der Waals surface area contributed by atoms with Gasteiger partial charge in [0.1, 0.15) is 5.92 Å². The number of nitrogens with one attached hydrogen (secondary N) is 2. The van der Waals surface area contributed by atoms with E-state index in [1.807, 2.05) is 0 Å². The summed E-state index contributed by atoms with van der Waals surface area (Å²) in [6, 6.07) is -0.378. The first kappa shape index (κ1) is 13.3. The van der Waals surface area contributed by atoms with E-state index >= 15 is 0 Å². The molecule has 2 rings (SSSR count). The molecule has 6 heteroatoms. The second-order valence-electron chi connectivity index (χ2n) is 5.05. The number of carbonyl (C=O) groups excluding carboxylic acids is 1. The summed E-state index contributed by atoms with van der Waals surface area (Å²) < 4.78 is 5.10. The van der Waals surface area contributed by atoms with Crippen molar-refractivity contribution in [1.82, 2.24) is 10.6 Å². The highest BCUT2D eigenvalue weighted by Gasteiger charge is 2.34. The maximum absolute atomic E-state index is 11.7. The van der Waals surface area contributed by atoms with E-state index in [1.165, 1.54) is 0 Å². The van der Waals surface area contributed by atoms with Crippen LogP contribution in [0.15, 0.2) is 0 Å². The van der Waals surface area contributed by atoms with E-state index in [9.17, 15) is 9.59 Å². The summed E-state index contributed by atoms with van der Waals surface area (Å²) in [4.78, 5) is 22.7. The van der Waals surface area contributed by atoms with Crippen LogP contribution in [0.3, 0.4) is 0 Å². The molecule has 0 bridgehead atoms. The van der Waals surface area contributed by atoms with Gasteiger partial charge in [-0.2, -0.15) is 0 Å². The smallest absolute Gasteiger partial charge is 0.311 e. The first-order chi connectivity index (χ1) is 8.66. The molecule has 2 aliphatic rings. The van der Waals surface area contributed by atoms with Crippen LogP contribution in [0.25, 0.3) is 0 Å². The second kappa shape index (κ2) is 6.15. The molecule has 18 heavy (non-hydrogen) atoms. The van der Waals surface area contributed by atoms with Crippen molar-refractivity contribution in [2.24, 2.45) is 11.8 Å². The van der Waals surface area contributed by atoms with Gasteiger partial charge in [-0.1, -0.05) is 0 Å².